The molecule has 3 rings (SSSR count). The fourth-order valence-corrected chi connectivity index (χ4v) is 2.50. The lowest BCUT2D eigenvalue weighted by molar-refractivity contribution is 0.416. The Kier molecular flexibility index (Phi) is 2.66. The van der Waals surface area contributed by atoms with Crippen LogP contribution in [0.2, 0.25) is 0 Å². The zero-order chi connectivity index (χ0) is 12.5. The minimum Gasteiger partial charge on any atom is -0.399 e. The van der Waals surface area contributed by atoms with Crippen LogP contribution in [0.5, 0.6) is 0 Å². The number of hydrogen-bond donors (Lipinski definition) is 2. The van der Waals surface area contributed by atoms with Crippen molar-refractivity contribution in [3.8, 4) is 11.5 Å². The van der Waals surface area contributed by atoms with E-state index in [9.17, 15) is 0 Å². The van der Waals surface area contributed by atoms with E-state index in [1.807, 2.05) is 0 Å². The third kappa shape index (κ3) is 2.03. The van der Waals surface area contributed by atoms with Crippen LogP contribution in [-0.4, -0.2) is 10.1 Å². The molecule has 1 aromatic heterocycles. The first-order chi connectivity index (χ1) is 8.72. The number of hydrogen-bond acceptors (Lipinski definition) is 5. The first kappa shape index (κ1) is 11.1. The van der Waals surface area contributed by atoms with E-state index in [0.29, 0.717) is 23.2 Å². The zero-order valence-electron chi connectivity index (χ0n) is 10.1. The number of benzene rings is 1. The second-order valence-corrected chi connectivity index (χ2v) is 4.83. The summed E-state index contributed by atoms with van der Waals surface area (Å²) in [5.41, 5.74) is 13.5. The Labute approximate surface area is 105 Å². The molecule has 1 aliphatic carbocycles. The Balaban J connectivity index is 1.92. The molecule has 1 aliphatic rings. The number of aromatic nitrogens is 2. The van der Waals surface area contributed by atoms with Crippen LogP contribution in [-0.2, 0) is 0 Å². The number of nitrogens with two attached hydrogens (primary N) is 2. The third-order valence-corrected chi connectivity index (χ3v) is 3.39. The average Bonchev–Trinajstić information content (AvgIpc) is 2.99. The van der Waals surface area contributed by atoms with Crippen molar-refractivity contribution in [1.29, 1.82) is 0 Å². The van der Waals surface area contributed by atoms with Gasteiger partial charge in [-0.25, -0.2) is 0 Å². The molecule has 5 nitrogen and oxygen atoms in total. The van der Waals surface area contributed by atoms with Crippen LogP contribution >= 0.6 is 0 Å². The summed E-state index contributed by atoms with van der Waals surface area (Å²) in [5, 5.41) is 4.07. The van der Waals surface area contributed by atoms with Crippen LogP contribution in [0.3, 0.4) is 0 Å². The maximum Gasteiger partial charge on any atom is 0.258 e. The van der Waals surface area contributed by atoms with Gasteiger partial charge in [0, 0.05) is 22.9 Å². The minimum atomic E-state index is 0.445. The highest BCUT2D eigenvalue weighted by atomic mass is 16.5. The highest BCUT2D eigenvalue weighted by Gasteiger charge is 2.22. The van der Waals surface area contributed by atoms with E-state index in [-0.39, 0.29) is 0 Å². The summed E-state index contributed by atoms with van der Waals surface area (Å²) in [6.07, 6.45) is 4.80. The molecule has 0 saturated heterocycles. The lowest BCUT2D eigenvalue weighted by Gasteiger charge is -2.01. The van der Waals surface area contributed by atoms with Crippen LogP contribution in [0.25, 0.3) is 11.5 Å². The first-order valence-electron chi connectivity index (χ1n) is 6.22. The summed E-state index contributed by atoms with van der Waals surface area (Å²) in [6, 6.07) is 5.29. The van der Waals surface area contributed by atoms with Crippen molar-refractivity contribution in [2.75, 3.05) is 11.5 Å². The molecule has 0 bridgehead atoms. The van der Waals surface area contributed by atoms with Gasteiger partial charge in [0.25, 0.3) is 5.89 Å². The maximum absolute atomic E-state index is 5.76. The van der Waals surface area contributed by atoms with Gasteiger partial charge in [-0.15, -0.1) is 0 Å². The second kappa shape index (κ2) is 4.33. The van der Waals surface area contributed by atoms with Crippen molar-refractivity contribution in [2.45, 2.75) is 31.6 Å². The van der Waals surface area contributed by atoms with E-state index in [0.717, 1.165) is 24.2 Å². The molecule has 94 valence electrons. The number of anilines is 2. The van der Waals surface area contributed by atoms with Crippen molar-refractivity contribution in [1.82, 2.24) is 10.1 Å². The highest BCUT2D eigenvalue weighted by molar-refractivity contribution is 5.67. The number of nitrogen functional groups attached to an aromatic ring is 2. The van der Waals surface area contributed by atoms with Crippen molar-refractivity contribution < 1.29 is 4.52 Å². The molecule has 0 unspecified atom stereocenters. The quantitative estimate of drug-likeness (QED) is 0.792. The van der Waals surface area contributed by atoms with Gasteiger partial charge < -0.3 is 16.0 Å². The first-order valence-corrected chi connectivity index (χ1v) is 6.22. The molecule has 0 atom stereocenters. The van der Waals surface area contributed by atoms with Gasteiger partial charge in [-0.3, -0.25) is 0 Å². The standard InChI is InChI=1S/C13H16N4O/c14-10-5-9(6-11(15)7-10)13-16-12(17-18-13)8-3-1-2-4-8/h5-8H,1-4,14-15H2. The fourth-order valence-electron chi connectivity index (χ4n) is 2.50. The molecular weight excluding hydrogens is 228 g/mol. The molecule has 0 amide bonds. The van der Waals surface area contributed by atoms with Crippen LogP contribution in [0.15, 0.2) is 22.7 Å². The van der Waals surface area contributed by atoms with E-state index >= 15 is 0 Å². The summed E-state index contributed by atoms with van der Waals surface area (Å²) >= 11 is 0. The molecule has 2 aromatic rings. The summed E-state index contributed by atoms with van der Waals surface area (Å²) in [4.78, 5) is 4.46. The zero-order valence-corrected chi connectivity index (χ0v) is 10.1. The third-order valence-electron chi connectivity index (χ3n) is 3.39. The molecule has 18 heavy (non-hydrogen) atoms. The maximum atomic E-state index is 5.76. The molecule has 0 radical (unpaired) electrons. The monoisotopic (exact) mass is 244 g/mol. The molecule has 1 saturated carbocycles. The molecule has 0 aliphatic heterocycles. The normalized spacial score (nSPS) is 16.2. The predicted octanol–water partition coefficient (Wildman–Crippen LogP) is 2.56. The van der Waals surface area contributed by atoms with Crippen LogP contribution < -0.4 is 11.5 Å². The average molecular weight is 244 g/mol. The lowest BCUT2D eigenvalue weighted by atomic mass is 10.1. The van der Waals surface area contributed by atoms with Gasteiger partial charge in [-0.1, -0.05) is 18.0 Å². The SMILES string of the molecule is Nc1cc(N)cc(-c2nc(C3CCCC3)no2)c1. The van der Waals surface area contributed by atoms with E-state index in [1.54, 1.807) is 18.2 Å². The number of nitrogens with zero attached hydrogens (tertiary/aromatic N) is 2. The highest BCUT2D eigenvalue weighted by Crippen LogP contribution is 2.33. The molecule has 4 N–H and O–H groups in total. The van der Waals surface area contributed by atoms with Crippen LogP contribution in [0.1, 0.15) is 37.4 Å². The Morgan fingerprint density at radius 2 is 1.72 bits per heavy atom. The van der Waals surface area contributed by atoms with E-state index in [1.165, 1.54) is 12.8 Å². The van der Waals surface area contributed by atoms with Gasteiger partial charge in [-0.2, -0.15) is 4.98 Å². The Hall–Kier alpha value is -2.04. The molecule has 1 heterocycles. The van der Waals surface area contributed by atoms with Gasteiger partial charge in [-0.05, 0) is 31.0 Å². The van der Waals surface area contributed by atoms with E-state index in [4.69, 9.17) is 16.0 Å². The van der Waals surface area contributed by atoms with Crippen molar-refractivity contribution in [3.05, 3.63) is 24.0 Å². The molecular formula is C13H16N4O. The second-order valence-electron chi connectivity index (χ2n) is 4.83. The summed E-state index contributed by atoms with van der Waals surface area (Å²) in [7, 11) is 0. The van der Waals surface area contributed by atoms with E-state index in [2.05, 4.69) is 10.1 Å². The summed E-state index contributed by atoms with van der Waals surface area (Å²) in [6.45, 7) is 0. The van der Waals surface area contributed by atoms with Crippen LogP contribution in [0, 0.1) is 0 Å². The molecule has 1 aromatic carbocycles. The summed E-state index contributed by atoms with van der Waals surface area (Å²) < 4.78 is 5.30. The smallest absolute Gasteiger partial charge is 0.258 e. The largest absolute Gasteiger partial charge is 0.399 e. The Bertz CT molecular complexity index is 538. The van der Waals surface area contributed by atoms with Crippen LogP contribution in [0.4, 0.5) is 11.4 Å². The van der Waals surface area contributed by atoms with Gasteiger partial charge in [0.05, 0.1) is 0 Å². The van der Waals surface area contributed by atoms with Gasteiger partial charge >= 0.3 is 0 Å². The van der Waals surface area contributed by atoms with Crippen molar-refractivity contribution >= 4 is 11.4 Å². The van der Waals surface area contributed by atoms with E-state index < -0.39 is 0 Å². The Morgan fingerprint density at radius 3 is 2.39 bits per heavy atom. The molecule has 5 heteroatoms. The molecule has 1 fully saturated rings. The van der Waals surface area contributed by atoms with Gasteiger partial charge in [0.2, 0.25) is 0 Å². The van der Waals surface area contributed by atoms with Crippen molar-refractivity contribution in [3.63, 3.8) is 0 Å². The minimum absolute atomic E-state index is 0.445. The fraction of sp³-hybridized carbons (Fsp3) is 0.385. The van der Waals surface area contributed by atoms with Gasteiger partial charge in [0.1, 0.15) is 0 Å². The summed E-state index contributed by atoms with van der Waals surface area (Å²) in [5.74, 6) is 1.75. The van der Waals surface area contributed by atoms with Crippen molar-refractivity contribution in [2.24, 2.45) is 0 Å². The topological polar surface area (TPSA) is 91.0 Å². The Morgan fingerprint density at radius 1 is 1.06 bits per heavy atom. The van der Waals surface area contributed by atoms with Gasteiger partial charge in [0.15, 0.2) is 5.82 Å². The molecule has 0 spiro atoms. The number of rotatable bonds is 2. The lowest BCUT2D eigenvalue weighted by Crippen LogP contribution is -1.95. The predicted molar refractivity (Wildman–Crippen MR) is 69.8 cm³/mol.